The Morgan fingerprint density at radius 2 is 2.05 bits per heavy atom. The minimum absolute atomic E-state index is 0.163. The summed E-state index contributed by atoms with van der Waals surface area (Å²) in [5.74, 6) is 0. The van der Waals surface area contributed by atoms with E-state index >= 15 is 0 Å². The number of rotatable bonds is 5. The molecule has 6 heteroatoms. The maximum absolute atomic E-state index is 11.4. The lowest BCUT2D eigenvalue weighted by Gasteiger charge is -2.38. The summed E-state index contributed by atoms with van der Waals surface area (Å²) in [7, 11) is 0. The van der Waals surface area contributed by atoms with Crippen molar-refractivity contribution in [1.82, 2.24) is 19.7 Å². The van der Waals surface area contributed by atoms with E-state index < -0.39 is 0 Å². The molecule has 3 rings (SSSR count). The summed E-state index contributed by atoms with van der Waals surface area (Å²) >= 11 is 0. The van der Waals surface area contributed by atoms with E-state index in [1.54, 1.807) is 4.90 Å². The molecule has 0 unspecified atom stereocenters. The van der Waals surface area contributed by atoms with Crippen molar-refractivity contribution in [3.05, 3.63) is 30.1 Å². The molecule has 0 bridgehead atoms. The molecule has 3 heterocycles. The summed E-state index contributed by atoms with van der Waals surface area (Å²) < 4.78 is 4.96. The standard InChI is InChI=1S/C16H24N4O2/c1-14(15-3-2-4-17-13-15)19-8-5-18(6-9-19)7-10-20-11-12-22-16(20)21/h2-4,13-14H,5-12H2,1H3/t14-/m1/s1. The minimum atomic E-state index is -0.163. The molecule has 0 spiro atoms. The van der Waals surface area contributed by atoms with Crippen LogP contribution in [0.3, 0.4) is 0 Å². The van der Waals surface area contributed by atoms with Crippen LogP contribution in [0.5, 0.6) is 0 Å². The summed E-state index contributed by atoms with van der Waals surface area (Å²) in [6.45, 7) is 9.43. The number of hydrogen-bond acceptors (Lipinski definition) is 5. The summed E-state index contributed by atoms with van der Waals surface area (Å²) in [5, 5.41) is 0. The topological polar surface area (TPSA) is 48.9 Å². The van der Waals surface area contributed by atoms with Crippen molar-refractivity contribution in [1.29, 1.82) is 0 Å². The van der Waals surface area contributed by atoms with Gasteiger partial charge in [0.1, 0.15) is 6.61 Å². The van der Waals surface area contributed by atoms with Crippen LogP contribution >= 0.6 is 0 Å². The van der Waals surface area contributed by atoms with Gasteiger partial charge in [0.05, 0.1) is 6.54 Å². The van der Waals surface area contributed by atoms with Crippen molar-refractivity contribution in [3.63, 3.8) is 0 Å². The molecule has 22 heavy (non-hydrogen) atoms. The number of cyclic esters (lactones) is 1. The van der Waals surface area contributed by atoms with E-state index in [4.69, 9.17) is 4.74 Å². The van der Waals surface area contributed by atoms with Gasteiger partial charge in [-0.2, -0.15) is 0 Å². The Bertz CT molecular complexity index is 488. The molecule has 2 aliphatic rings. The number of amides is 1. The van der Waals surface area contributed by atoms with Gasteiger partial charge in [0.2, 0.25) is 0 Å². The molecule has 2 aliphatic heterocycles. The highest BCUT2D eigenvalue weighted by molar-refractivity contribution is 5.69. The molecule has 0 aromatic carbocycles. The van der Waals surface area contributed by atoms with Crippen molar-refractivity contribution in [3.8, 4) is 0 Å². The Morgan fingerprint density at radius 1 is 1.23 bits per heavy atom. The Kier molecular flexibility index (Phi) is 4.90. The minimum Gasteiger partial charge on any atom is -0.448 e. The molecule has 0 aliphatic carbocycles. The van der Waals surface area contributed by atoms with Gasteiger partial charge in [-0.1, -0.05) is 6.07 Å². The highest BCUT2D eigenvalue weighted by atomic mass is 16.6. The zero-order chi connectivity index (χ0) is 15.4. The Labute approximate surface area is 131 Å². The van der Waals surface area contributed by atoms with Crippen LogP contribution in [0.15, 0.2) is 24.5 Å². The molecule has 1 amide bonds. The van der Waals surface area contributed by atoms with Crippen LogP contribution in [0, 0.1) is 0 Å². The molecule has 0 saturated carbocycles. The van der Waals surface area contributed by atoms with E-state index in [2.05, 4.69) is 27.8 Å². The third kappa shape index (κ3) is 3.56. The van der Waals surface area contributed by atoms with Gasteiger partial charge in [-0.25, -0.2) is 4.79 Å². The zero-order valence-electron chi connectivity index (χ0n) is 13.1. The number of carbonyl (C=O) groups excluding carboxylic acids is 1. The number of piperazine rings is 1. The Morgan fingerprint density at radius 3 is 2.68 bits per heavy atom. The lowest BCUT2D eigenvalue weighted by atomic mass is 10.1. The third-order valence-electron chi connectivity index (χ3n) is 4.65. The number of ether oxygens (including phenoxy) is 1. The van der Waals surface area contributed by atoms with Crippen LogP contribution in [0.25, 0.3) is 0 Å². The first-order valence-electron chi connectivity index (χ1n) is 8.02. The number of carbonyl (C=O) groups is 1. The molecule has 6 nitrogen and oxygen atoms in total. The van der Waals surface area contributed by atoms with Crippen LogP contribution < -0.4 is 0 Å². The number of aromatic nitrogens is 1. The first-order chi connectivity index (χ1) is 10.7. The predicted molar refractivity (Wildman–Crippen MR) is 83.6 cm³/mol. The highest BCUT2D eigenvalue weighted by Crippen LogP contribution is 2.20. The maximum atomic E-state index is 11.4. The van der Waals surface area contributed by atoms with E-state index in [9.17, 15) is 4.79 Å². The molecule has 1 aromatic rings. The zero-order valence-corrected chi connectivity index (χ0v) is 13.1. The molecule has 2 fully saturated rings. The Hall–Kier alpha value is -1.66. The van der Waals surface area contributed by atoms with Crippen molar-refractivity contribution in [2.75, 3.05) is 52.4 Å². The fourth-order valence-electron chi connectivity index (χ4n) is 3.10. The van der Waals surface area contributed by atoms with E-state index in [0.717, 1.165) is 45.8 Å². The molecular formula is C16H24N4O2. The lowest BCUT2D eigenvalue weighted by Crippen LogP contribution is -2.49. The summed E-state index contributed by atoms with van der Waals surface area (Å²) in [5.41, 5.74) is 1.27. The smallest absolute Gasteiger partial charge is 0.409 e. The van der Waals surface area contributed by atoms with Crippen molar-refractivity contribution in [2.45, 2.75) is 13.0 Å². The third-order valence-corrected chi connectivity index (χ3v) is 4.65. The average Bonchev–Trinajstić information content (AvgIpc) is 2.99. The van der Waals surface area contributed by atoms with Crippen LogP contribution in [-0.4, -0.2) is 78.2 Å². The van der Waals surface area contributed by atoms with Gasteiger partial charge < -0.3 is 9.64 Å². The first-order valence-corrected chi connectivity index (χ1v) is 8.02. The van der Waals surface area contributed by atoms with Crippen LogP contribution in [0.4, 0.5) is 4.79 Å². The monoisotopic (exact) mass is 304 g/mol. The summed E-state index contributed by atoms with van der Waals surface area (Å²) in [6.07, 6.45) is 3.61. The molecule has 120 valence electrons. The second kappa shape index (κ2) is 7.07. The van der Waals surface area contributed by atoms with E-state index in [0.29, 0.717) is 12.6 Å². The average molecular weight is 304 g/mol. The second-order valence-corrected chi connectivity index (χ2v) is 5.94. The highest BCUT2D eigenvalue weighted by Gasteiger charge is 2.25. The van der Waals surface area contributed by atoms with Gasteiger partial charge in [-0.3, -0.25) is 14.8 Å². The van der Waals surface area contributed by atoms with Gasteiger partial charge >= 0.3 is 6.09 Å². The maximum Gasteiger partial charge on any atom is 0.409 e. The molecular weight excluding hydrogens is 280 g/mol. The largest absolute Gasteiger partial charge is 0.448 e. The quantitative estimate of drug-likeness (QED) is 0.818. The van der Waals surface area contributed by atoms with Gasteiger partial charge in [0.15, 0.2) is 0 Å². The van der Waals surface area contributed by atoms with Crippen LogP contribution in [-0.2, 0) is 4.74 Å². The van der Waals surface area contributed by atoms with Crippen LogP contribution in [0.1, 0.15) is 18.5 Å². The molecule has 1 aromatic heterocycles. The van der Waals surface area contributed by atoms with E-state index in [1.165, 1.54) is 5.56 Å². The molecule has 0 N–H and O–H groups in total. The van der Waals surface area contributed by atoms with E-state index in [-0.39, 0.29) is 6.09 Å². The van der Waals surface area contributed by atoms with E-state index in [1.807, 2.05) is 18.5 Å². The summed E-state index contributed by atoms with van der Waals surface area (Å²) in [6, 6.07) is 4.55. The molecule has 2 saturated heterocycles. The molecule has 0 radical (unpaired) electrons. The first kappa shape index (κ1) is 15.2. The van der Waals surface area contributed by atoms with Crippen LogP contribution in [0.2, 0.25) is 0 Å². The number of pyridine rings is 1. The number of nitrogens with zero attached hydrogens (tertiary/aromatic N) is 4. The fourth-order valence-corrected chi connectivity index (χ4v) is 3.10. The second-order valence-electron chi connectivity index (χ2n) is 5.94. The van der Waals surface area contributed by atoms with Crippen molar-refractivity contribution >= 4 is 6.09 Å². The summed E-state index contributed by atoms with van der Waals surface area (Å²) in [4.78, 5) is 22.3. The lowest BCUT2D eigenvalue weighted by molar-refractivity contribution is 0.0957. The SMILES string of the molecule is C[C@H](c1cccnc1)N1CCN(CCN2CCOC2=O)CC1. The predicted octanol–water partition coefficient (Wildman–Crippen LogP) is 1.21. The van der Waals surface area contributed by atoms with Crippen molar-refractivity contribution < 1.29 is 9.53 Å². The van der Waals surface area contributed by atoms with Crippen molar-refractivity contribution in [2.24, 2.45) is 0 Å². The van der Waals surface area contributed by atoms with Gasteiger partial charge in [0, 0.05) is 57.7 Å². The Balaban J connectivity index is 1.43. The van der Waals surface area contributed by atoms with Gasteiger partial charge in [0.25, 0.3) is 0 Å². The normalized spacial score (nSPS) is 21.9. The van der Waals surface area contributed by atoms with Gasteiger partial charge in [-0.15, -0.1) is 0 Å². The fraction of sp³-hybridized carbons (Fsp3) is 0.625. The van der Waals surface area contributed by atoms with Gasteiger partial charge in [-0.05, 0) is 18.6 Å². The number of hydrogen-bond donors (Lipinski definition) is 0. The molecule has 1 atom stereocenters.